The van der Waals surface area contributed by atoms with Crippen LogP contribution in [0.4, 0.5) is 5.69 Å². The van der Waals surface area contributed by atoms with E-state index < -0.39 is 0 Å². The number of ether oxygens (including phenoxy) is 1. The van der Waals surface area contributed by atoms with Gasteiger partial charge in [-0.25, -0.2) is 0 Å². The molecule has 3 rings (SSSR count). The summed E-state index contributed by atoms with van der Waals surface area (Å²) in [5.74, 6) is 1.53. The van der Waals surface area contributed by atoms with E-state index in [2.05, 4.69) is 43.4 Å². The summed E-state index contributed by atoms with van der Waals surface area (Å²) >= 11 is 0. The van der Waals surface area contributed by atoms with Gasteiger partial charge in [0.2, 0.25) is 5.91 Å². The zero-order chi connectivity index (χ0) is 17.1. The molecule has 0 unspecified atom stereocenters. The third-order valence-electron chi connectivity index (χ3n) is 4.50. The van der Waals surface area contributed by atoms with E-state index in [9.17, 15) is 4.79 Å². The summed E-state index contributed by atoms with van der Waals surface area (Å²) in [6, 6.07) is 12.4. The quantitative estimate of drug-likeness (QED) is 0.802. The molecule has 126 valence electrons. The van der Waals surface area contributed by atoms with Crippen LogP contribution in [0.15, 0.2) is 36.4 Å². The average molecular weight is 323 g/mol. The van der Waals surface area contributed by atoms with Crippen LogP contribution in [0, 0.1) is 13.8 Å². The van der Waals surface area contributed by atoms with Crippen molar-refractivity contribution in [1.82, 2.24) is 0 Å². The van der Waals surface area contributed by atoms with E-state index in [1.807, 2.05) is 19.1 Å². The Labute approximate surface area is 144 Å². The van der Waals surface area contributed by atoms with Crippen molar-refractivity contribution in [2.24, 2.45) is 0 Å². The second kappa shape index (κ2) is 7.08. The molecule has 1 aliphatic carbocycles. The number of anilines is 1. The highest BCUT2D eigenvalue weighted by Crippen LogP contribution is 2.44. The minimum absolute atomic E-state index is 0.0517. The van der Waals surface area contributed by atoms with Crippen molar-refractivity contribution in [3.8, 4) is 5.75 Å². The van der Waals surface area contributed by atoms with Gasteiger partial charge in [0.25, 0.3) is 0 Å². The molecule has 3 nitrogen and oxygen atoms in total. The number of hydrogen-bond acceptors (Lipinski definition) is 2. The van der Waals surface area contributed by atoms with Crippen LogP contribution < -0.4 is 10.1 Å². The molecule has 24 heavy (non-hydrogen) atoms. The van der Waals surface area contributed by atoms with Gasteiger partial charge in [0.05, 0.1) is 5.69 Å². The first-order valence-electron chi connectivity index (χ1n) is 8.70. The highest BCUT2D eigenvalue weighted by Gasteiger charge is 2.27. The topological polar surface area (TPSA) is 38.3 Å². The molecule has 0 bridgehead atoms. The van der Waals surface area contributed by atoms with Crippen molar-refractivity contribution in [2.45, 2.75) is 52.6 Å². The van der Waals surface area contributed by atoms with E-state index in [1.165, 1.54) is 24.0 Å². The van der Waals surface area contributed by atoms with Crippen LogP contribution in [0.25, 0.3) is 0 Å². The van der Waals surface area contributed by atoms with Gasteiger partial charge >= 0.3 is 0 Å². The molecule has 0 aliphatic heterocycles. The third kappa shape index (κ3) is 3.78. The summed E-state index contributed by atoms with van der Waals surface area (Å²) in [5, 5.41) is 3.09. The van der Waals surface area contributed by atoms with Gasteiger partial charge in [0.15, 0.2) is 0 Å². The summed E-state index contributed by atoms with van der Waals surface area (Å²) in [6.07, 6.45) is 2.89. The zero-order valence-corrected chi connectivity index (χ0v) is 14.7. The maximum Gasteiger partial charge on any atom is 0.224 e. The molecule has 2 aromatic carbocycles. The van der Waals surface area contributed by atoms with E-state index in [4.69, 9.17) is 4.74 Å². The van der Waals surface area contributed by atoms with Gasteiger partial charge in [-0.05, 0) is 49.8 Å². The van der Waals surface area contributed by atoms with Gasteiger partial charge in [-0.1, -0.05) is 42.8 Å². The van der Waals surface area contributed by atoms with Crippen molar-refractivity contribution in [3.63, 3.8) is 0 Å². The standard InChI is InChI=1S/C21H25NO2/c1-4-20(23)22-21-17(6-5-7-18(21)16-9-10-16)13-24-19-11-8-14(2)12-15(19)3/h5-8,11-12,16H,4,9-10,13H2,1-3H3,(H,22,23). The lowest BCUT2D eigenvalue weighted by Crippen LogP contribution is -2.14. The fraction of sp³-hybridized carbons (Fsp3) is 0.381. The van der Waals surface area contributed by atoms with Crippen LogP contribution in [0.1, 0.15) is 54.4 Å². The minimum Gasteiger partial charge on any atom is -0.489 e. The number of rotatable bonds is 6. The molecule has 2 aromatic rings. The molecule has 0 aromatic heterocycles. The van der Waals surface area contributed by atoms with Crippen LogP contribution in [-0.2, 0) is 11.4 Å². The summed E-state index contributed by atoms with van der Waals surface area (Å²) in [6.45, 7) is 6.47. The van der Waals surface area contributed by atoms with Gasteiger partial charge in [0.1, 0.15) is 12.4 Å². The van der Waals surface area contributed by atoms with Gasteiger partial charge in [-0.3, -0.25) is 4.79 Å². The van der Waals surface area contributed by atoms with Gasteiger partial charge in [-0.15, -0.1) is 0 Å². The first-order chi connectivity index (χ1) is 11.6. The number of amides is 1. The van der Waals surface area contributed by atoms with Crippen molar-refractivity contribution in [1.29, 1.82) is 0 Å². The SMILES string of the molecule is CCC(=O)Nc1c(COc2ccc(C)cc2C)cccc1C1CC1. The highest BCUT2D eigenvalue weighted by atomic mass is 16.5. The Bertz CT molecular complexity index is 747. The lowest BCUT2D eigenvalue weighted by Gasteiger charge is -2.17. The van der Waals surface area contributed by atoms with E-state index in [-0.39, 0.29) is 5.91 Å². The molecule has 0 spiro atoms. The zero-order valence-electron chi connectivity index (χ0n) is 14.7. The number of hydrogen-bond donors (Lipinski definition) is 1. The largest absolute Gasteiger partial charge is 0.489 e. The molecule has 0 radical (unpaired) electrons. The maximum absolute atomic E-state index is 11.9. The average Bonchev–Trinajstić information content (AvgIpc) is 3.39. The van der Waals surface area contributed by atoms with E-state index in [1.54, 1.807) is 0 Å². The van der Waals surface area contributed by atoms with Gasteiger partial charge < -0.3 is 10.1 Å². The number of para-hydroxylation sites is 1. The Kier molecular flexibility index (Phi) is 4.89. The molecular weight excluding hydrogens is 298 g/mol. The van der Waals surface area contributed by atoms with Crippen LogP contribution >= 0.6 is 0 Å². The smallest absolute Gasteiger partial charge is 0.224 e. The third-order valence-corrected chi connectivity index (χ3v) is 4.50. The predicted octanol–water partition coefficient (Wildman–Crippen LogP) is 5.11. The Morgan fingerprint density at radius 2 is 2.00 bits per heavy atom. The normalized spacial score (nSPS) is 13.6. The lowest BCUT2D eigenvalue weighted by molar-refractivity contribution is -0.115. The van der Waals surface area contributed by atoms with Gasteiger partial charge in [-0.2, -0.15) is 0 Å². The van der Waals surface area contributed by atoms with E-state index >= 15 is 0 Å². The predicted molar refractivity (Wildman–Crippen MR) is 97.6 cm³/mol. The molecule has 1 saturated carbocycles. The second-order valence-electron chi connectivity index (χ2n) is 6.61. The van der Waals surface area contributed by atoms with Crippen LogP contribution in [0.5, 0.6) is 5.75 Å². The van der Waals surface area contributed by atoms with E-state index in [0.29, 0.717) is 18.9 Å². The Morgan fingerprint density at radius 1 is 1.21 bits per heavy atom. The number of carbonyl (C=O) groups excluding carboxylic acids is 1. The lowest BCUT2D eigenvalue weighted by atomic mass is 10.0. The van der Waals surface area contributed by atoms with Crippen molar-refractivity contribution in [2.75, 3.05) is 5.32 Å². The molecule has 1 amide bonds. The Morgan fingerprint density at radius 3 is 2.67 bits per heavy atom. The van der Waals surface area contributed by atoms with Gasteiger partial charge in [0, 0.05) is 12.0 Å². The summed E-state index contributed by atoms with van der Waals surface area (Å²) in [5.41, 5.74) is 5.61. The number of nitrogens with one attached hydrogen (secondary N) is 1. The first kappa shape index (κ1) is 16.6. The molecule has 3 heteroatoms. The maximum atomic E-state index is 11.9. The number of aryl methyl sites for hydroxylation is 2. The minimum atomic E-state index is 0.0517. The van der Waals surface area contributed by atoms with E-state index in [0.717, 1.165) is 22.6 Å². The number of benzene rings is 2. The van der Waals surface area contributed by atoms with Crippen molar-refractivity contribution < 1.29 is 9.53 Å². The fourth-order valence-electron chi connectivity index (χ4n) is 2.97. The summed E-state index contributed by atoms with van der Waals surface area (Å²) in [4.78, 5) is 11.9. The van der Waals surface area contributed by atoms with Crippen LogP contribution in [-0.4, -0.2) is 5.91 Å². The molecule has 1 aliphatic rings. The summed E-state index contributed by atoms with van der Waals surface area (Å²) < 4.78 is 6.04. The Balaban J connectivity index is 1.83. The van der Waals surface area contributed by atoms with Crippen molar-refractivity contribution >= 4 is 11.6 Å². The molecule has 1 fully saturated rings. The first-order valence-corrected chi connectivity index (χ1v) is 8.70. The Hall–Kier alpha value is -2.29. The molecule has 1 N–H and O–H groups in total. The second-order valence-corrected chi connectivity index (χ2v) is 6.61. The molecule has 0 atom stereocenters. The molecular formula is C21H25NO2. The number of carbonyl (C=O) groups is 1. The molecule has 0 heterocycles. The van der Waals surface area contributed by atoms with Crippen molar-refractivity contribution in [3.05, 3.63) is 58.7 Å². The monoisotopic (exact) mass is 323 g/mol. The molecule has 0 saturated heterocycles. The van der Waals surface area contributed by atoms with Crippen LogP contribution in [0.2, 0.25) is 0 Å². The van der Waals surface area contributed by atoms with Crippen LogP contribution in [0.3, 0.4) is 0 Å². The summed E-state index contributed by atoms with van der Waals surface area (Å²) in [7, 11) is 0. The fourth-order valence-corrected chi connectivity index (χ4v) is 2.97. The highest BCUT2D eigenvalue weighted by molar-refractivity contribution is 5.92.